The Morgan fingerprint density at radius 1 is 1.26 bits per heavy atom. The van der Waals surface area contributed by atoms with Gasteiger partial charge < -0.3 is 4.98 Å². The minimum atomic E-state index is 0.0207. The predicted octanol–water partition coefficient (Wildman–Crippen LogP) is 3.98. The lowest BCUT2D eigenvalue weighted by Gasteiger charge is -2.13. The molecule has 23 heavy (non-hydrogen) atoms. The highest BCUT2D eigenvalue weighted by molar-refractivity contribution is 7.98. The normalized spacial score (nSPS) is 11.5. The van der Waals surface area contributed by atoms with Crippen LogP contribution in [-0.2, 0) is 12.3 Å². The average molecular weight is 327 g/mol. The van der Waals surface area contributed by atoms with Gasteiger partial charge in [0, 0.05) is 18.0 Å². The second-order valence-electron chi connectivity index (χ2n) is 6.19. The summed E-state index contributed by atoms with van der Waals surface area (Å²) in [6.07, 6.45) is 0. The van der Waals surface area contributed by atoms with Crippen LogP contribution in [-0.4, -0.2) is 14.5 Å². The number of benzene rings is 1. The molecule has 2 heterocycles. The molecule has 2 aromatic heterocycles. The van der Waals surface area contributed by atoms with E-state index < -0.39 is 0 Å². The van der Waals surface area contributed by atoms with Gasteiger partial charge in [0.15, 0.2) is 5.16 Å². The first-order valence-electron chi connectivity index (χ1n) is 7.81. The molecule has 3 aromatic rings. The number of thioether (sulfide) groups is 1. The number of rotatable bonds is 5. The summed E-state index contributed by atoms with van der Waals surface area (Å²) in [5.74, 6) is 1.19. The van der Waals surface area contributed by atoms with E-state index >= 15 is 0 Å². The lowest BCUT2D eigenvalue weighted by molar-refractivity contribution is 0.475. The maximum atomic E-state index is 12.8. The van der Waals surface area contributed by atoms with Crippen LogP contribution in [0, 0.1) is 12.8 Å². The molecule has 1 N–H and O–H groups in total. The van der Waals surface area contributed by atoms with E-state index in [2.05, 4.69) is 31.0 Å². The van der Waals surface area contributed by atoms with Crippen LogP contribution in [0.15, 0.2) is 46.3 Å². The van der Waals surface area contributed by atoms with Crippen molar-refractivity contribution in [2.45, 2.75) is 38.2 Å². The van der Waals surface area contributed by atoms with Crippen molar-refractivity contribution in [3.05, 3.63) is 58.0 Å². The number of hydrogen-bond donors (Lipinski definition) is 1. The molecular weight excluding hydrogens is 306 g/mol. The molecule has 0 spiro atoms. The summed E-state index contributed by atoms with van der Waals surface area (Å²) in [5.41, 5.74) is 3.57. The van der Waals surface area contributed by atoms with Gasteiger partial charge in [0.05, 0.1) is 5.52 Å². The van der Waals surface area contributed by atoms with Gasteiger partial charge in [-0.2, -0.15) is 0 Å². The zero-order valence-electron chi connectivity index (χ0n) is 13.7. The Bertz CT molecular complexity index is 865. The molecule has 120 valence electrons. The van der Waals surface area contributed by atoms with Crippen LogP contribution in [0.1, 0.15) is 25.1 Å². The number of aromatic nitrogens is 3. The zero-order valence-corrected chi connectivity index (χ0v) is 14.5. The Morgan fingerprint density at radius 2 is 2.00 bits per heavy atom. The van der Waals surface area contributed by atoms with Crippen LogP contribution >= 0.6 is 11.8 Å². The highest BCUT2D eigenvalue weighted by Crippen LogP contribution is 2.23. The van der Waals surface area contributed by atoms with E-state index in [1.165, 1.54) is 5.56 Å². The molecule has 3 rings (SSSR count). The van der Waals surface area contributed by atoms with Crippen LogP contribution in [0.5, 0.6) is 0 Å². The highest BCUT2D eigenvalue weighted by atomic mass is 32.2. The van der Waals surface area contributed by atoms with Gasteiger partial charge in [-0.15, -0.1) is 0 Å². The van der Waals surface area contributed by atoms with Gasteiger partial charge >= 0.3 is 0 Å². The van der Waals surface area contributed by atoms with Gasteiger partial charge in [-0.3, -0.25) is 9.36 Å². The first-order valence-corrected chi connectivity index (χ1v) is 8.80. The predicted molar refractivity (Wildman–Crippen MR) is 95.9 cm³/mol. The molecule has 5 heteroatoms. The van der Waals surface area contributed by atoms with Crippen molar-refractivity contribution in [3.8, 4) is 0 Å². The lowest BCUT2D eigenvalue weighted by atomic mass is 10.2. The van der Waals surface area contributed by atoms with Gasteiger partial charge in [0.25, 0.3) is 5.56 Å². The van der Waals surface area contributed by atoms with E-state index in [1.807, 2.05) is 31.2 Å². The first kappa shape index (κ1) is 15.9. The third-order valence-electron chi connectivity index (χ3n) is 3.60. The molecule has 0 aliphatic rings. The van der Waals surface area contributed by atoms with E-state index in [4.69, 9.17) is 4.98 Å². The third-order valence-corrected chi connectivity index (χ3v) is 4.64. The summed E-state index contributed by atoms with van der Waals surface area (Å²) in [7, 11) is 0. The van der Waals surface area contributed by atoms with E-state index in [-0.39, 0.29) is 5.56 Å². The van der Waals surface area contributed by atoms with Crippen LogP contribution in [0.4, 0.5) is 0 Å². The summed E-state index contributed by atoms with van der Waals surface area (Å²) < 4.78 is 1.80. The molecular formula is C18H21N3OS. The summed E-state index contributed by atoms with van der Waals surface area (Å²) >= 11 is 1.62. The topological polar surface area (TPSA) is 50.7 Å². The smallest absolute Gasteiger partial charge is 0.278 e. The second-order valence-corrected chi connectivity index (χ2v) is 7.13. The Balaban J connectivity index is 2.01. The molecule has 0 saturated heterocycles. The molecule has 0 amide bonds. The average Bonchev–Trinajstić information content (AvgIpc) is 2.90. The molecule has 4 nitrogen and oxygen atoms in total. The van der Waals surface area contributed by atoms with Crippen molar-refractivity contribution in [2.75, 3.05) is 0 Å². The van der Waals surface area contributed by atoms with Crippen molar-refractivity contribution in [3.63, 3.8) is 0 Å². The number of aryl methyl sites for hydroxylation is 1. The van der Waals surface area contributed by atoms with Gasteiger partial charge in [0.1, 0.15) is 5.52 Å². The number of nitrogens with zero attached hydrogens (tertiary/aromatic N) is 2. The molecule has 0 bridgehead atoms. The maximum Gasteiger partial charge on any atom is 0.278 e. The molecule has 0 atom stereocenters. The second kappa shape index (κ2) is 6.62. The van der Waals surface area contributed by atoms with Gasteiger partial charge in [-0.05, 0) is 24.5 Å². The van der Waals surface area contributed by atoms with Gasteiger partial charge in [0.2, 0.25) is 0 Å². The van der Waals surface area contributed by atoms with Gasteiger partial charge in [-0.25, -0.2) is 4.98 Å². The molecule has 0 saturated carbocycles. The Kier molecular flexibility index (Phi) is 4.57. The molecule has 1 aromatic carbocycles. The Morgan fingerprint density at radius 3 is 2.70 bits per heavy atom. The number of nitrogens with one attached hydrogen (secondary N) is 1. The van der Waals surface area contributed by atoms with Gasteiger partial charge in [-0.1, -0.05) is 55.9 Å². The zero-order chi connectivity index (χ0) is 16.4. The SMILES string of the molecule is Cc1cc2nc(SCc3ccccc3)n(CC(C)C)c(=O)c2[nH]1. The minimum absolute atomic E-state index is 0.0207. The fourth-order valence-electron chi connectivity index (χ4n) is 2.57. The fourth-order valence-corrected chi connectivity index (χ4v) is 3.53. The quantitative estimate of drug-likeness (QED) is 0.569. The molecule has 0 unspecified atom stereocenters. The minimum Gasteiger partial charge on any atom is -0.353 e. The summed E-state index contributed by atoms with van der Waals surface area (Å²) in [4.78, 5) is 20.6. The fraction of sp³-hybridized carbons (Fsp3) is 0.333. The standard InChI is InChI=1S/C18H21N3OS/c1-12(2)10-21-17(22)16-15(9-13(3)19-16)20-18(21)23-11-14-7-5-4-6-8-14/h4-9,12,19H,10-11H2,1-3H3. The number of aromatic amines is 1. The number of fused-ring (bicyclic) bond motifs is 1. The van der Waals surface area contributed by atoms with E-state index in [1.54, 1.807) is 16.3 Å². The van der Waals surface area contributed by atoms with Crippen molar-refractivity contribution < 1.29 is 0 Å². The monoisotopic (exact) mass is 327 g/mol. The summed E-state index contributed by atoms with van der Waals surface area (Å²) in [6.45, 7) is 6.85. The molecule has 0 radical (unpaired) electrons. The summed E-state index contributed by atoms with van der Waals surface area (Å²) in [5, 5.41) is 0.791. The van der Waals surface area contributed by atoms with E-state index in [9.17, 15) is 4.79 Å². The molecule has 0 aliphatic carbocycles. The van der Waals surface area contributed by atoms with Crippen molar-refractivity contribution in [2.24, 2.45) is 5.92 Å². The van der Waals surface area contributed by atoms with Crippen molar-refractivity contribution in [1.82, 2.24) is 14.5 Å². The van der Waals surface area contributed by atoms with Crippen LogP contribution in [0.25, 0.3) is 11.0 Å². The van der Waals surface area contributed by atoms with Crippen LogP contribution in [0.3, 0.4) is 0 Å². The third kappa shape index (κ3) is 3.50. The molecule has 0 fully saturated rings. The Hall–Kier alpha value is -2.01. The Labute approximate surface area is 140 Å². The van der Waals surface area contributed by atoms with E-state index in [0.717, 1.165) is 22.1 Å². The van der Waals surface area contributed by atoms with E-state index in [0.29, 0.717) is 18.0 Å². The maximum absolute atomic E-state index is 12.8. The highest BCUT2D eigenvalue weighted by Gasteiger charge is 2.14. The lowest BCUT2D eigenvalue weighted by Crippen LogP contribution is -2.25. The number of hydrogen-bond acceptors (Lipinski definition) is 3. The number of H-pyrrole nitrogens is 1. The van der Waals surface area contributed by atoms with Crippen molar-refractivity contribution >= 4 is 22.8 Å². The largest absolute Gasteiger partial charge is 0.353 e. The van der Waals surface area contributed by atoms with Crippen LogP contribution in [0.2, 0.25) is 0 Å². The van der Waals surface area contributed by atoms with Crippen molar-refractivity contribution in [1.29, 1.82) is 0 Å². The molecule has 0 aliphatic heterocycles. The first-order chi connectivity index (χ1) is 11.0. The van der Waals surface area contributed by atoms with Crippen LogP contribution < -0.4 is 5.56 Å². The summed E-state index contributed by atoms with van der Waals surface area (Å²) in [6, 6.07) is 12.2.